The second-order valence-electron chi connectivity index (χ2n) is 9.39. The number of anilines is 5. The second-order valence-corrected chi connectivity index (χ2v) is 9.39. The van der Waals surface area contributed by atoms with Crippen LogP contribution in [-0.2, 0) is 4.74 Å². The van der Waals surface area contributed by atoms with Gasteiger partial charge >= 0.3 is 6.09 Å². The lowest BCUT2D eigenvalue weighted by molar-refractivity contribution is 0.0636. The monoisotopic (exact) mass is 457 g/mol. The summed E-state index contributed by atoms with van der Waals surface area (Å²) in [6.45, 7) is 9.80. The lowest BCUT2D eigenvalue weighted by atomic mass is 10.2. The van der Waals surface area contributed by atoms with Gasteiger partial charge in [-0.25, -0.2) is 9.78 Å². The van der Waals surface area contributed by atoms with Crippen molar-refractivity contribution >= 4 is 45.8 Å². The summed E-state index contributed by atoms with van der Waals surface area (Å²) in [7, 11) is 0. The highest BCUT2D eigenvalue weighted by Crippen LogP contribution is 2.29. The maximum atomic E-state index is 12.2. The summed E-state index contributed by atoms with van der Waals surface area (Å²) in [6, 6.07) is 23.9. The van der Waals surface area contributed by atoms with Crippen molar-refractivity contribution in [1.82, 2.24) is 9.55 Å². The highest BCUT2D eigenvalue weighted by Gasteiger charge is 2.17. The number of hydrogen-bond acceptors (Lipinski definition) is 5. The molecule has 3 N–H and O–H groups in total. The maximum Gasteiger partial charge on any atom is 0.412 e. The van der Waals surface area contributed by atoms with Gasteiger partial charge in [-0.2, -0.15) is 0 Å². The van der Waals surface area contributed by atoms with E-state index < -0.39 is 11.7 Å². The Hall–Kier alpha value is -4.00. The molecule has 34 heavy (non-hydrogen) atoms. The molecule has 7 heteroatoms. The Morgan fingerprint density at radius 1 is 0.853 bits per heavy atom. The number of hydrogen-bond donors (Lipinski definition) is 3. The van der Waals surface area contributed by atoms with Crippen molar-refractivity contribution in [3.8, 4) is 0 Å². The minimum absolute atomic E-state index is 0.268. The molecule has 1 heterocycles. The molecule has 0 saturated carbocycles. The molecule has 1 amide bonds. The summed E-state index contributed by atoms with van der Waals surface area (Å²) >= 11 is 0. The molecule has 4 aromatic rings. The zero-order valence-corrected chi connectivity index (χ0v) is 20.2. The average Bonchev–Trinajstić information content (AvgIpc) is 3.13. The van der Waals surface area contributed by atoms with Crippen LogP contribution in [0.5, 0.6) is 0 Å². The molecule has 0 aliphatic heterocycles. The van der Waals surface area contributed by atoms with Crippen molar-refractivity contribution in [3.63, 3.8) is 0 Å². The number of nitrogens with zero attached hydrogens (tertiary/aromatic N) is 2. The molecule has 0 fully saturated rings. The lowest BCUT2D eigenvalue weighted by Crippen LogP contribution is -2.27. The molecule has 4 rings (SSSR count). The molecule has 0 radical (unpaired) electrons. The third-order valence-corrected chi connectivity index (χ3v) is 5.09. The van der Waals surface area contributed by atoms with E-state index >= 15 is 0 Å². The molecule has 0 aliphatic carbocycles. The van der Waals surface area contributed by atoms with Crippen LogP contribution in [0, 0.1) is 0 Å². The predicted molar refractivity (Wildman–Crippen MR) is 139 cm³/mol. The summed E-state index contributed by atoms with van der Waals surface area (Å²) < 4.78 is 7.57. The fourth-order valence-electron chi connectivity index (χ4n) is 3.69. The molecule has 176 valence electrons. The van der Waals surface area contributed by atoms with Crippen LogP contribution >= 0.6 is 0 Å². The van der Waals surface area contributed by atoms with Gasteiger partial charge in [-0.05, 0) is 83.1 Å². The number of nitrogens with one attached hydrogen (secondary N) is 3. The van der Waals surface area contributed by atoms with Gasteiger partial charge in [0.1, 0.15) is 5.60 Å². The molecular formula is C27H31N5O2. The van der Waals surface area contributed by atoms with Gasteiger partial charge in [0.25, 0.3) is 0 Å². The summed E-state index contributed by atoms with van der Waals surface area (Å²) in [5.74, 6) is 0.809. The minimum atomic E-state index is -0.564. The van der Waals surface area contributed by atoms with Gasteiger partial charge in [-0.1, -0.05) is 24.3 Å². The summed E-state index contributed by atoms with van der Waals surface area (Å²) in [5, 5.41) is 9.62. The van der Waals surface area contributed by atoms with Crippen LogP contribution in [-0.4, -0.2) is 21.2 Å². The number of ether oxygens (including phenoxy) is 1. The number of aromatic nitrogens is 2. The Bertz CT molecular complexity index is 1290. The van der Waals surface area contributed by atoms with E-state index in [9.17, 15) is 4.79 Å². The first-order chi connectivity index (χ1) is 16.2. The van der Waals surface area contributed by atoms with Crippen LogP contribution in [0.1, 0.15) is 40.7 Å². The van der Waals surface area contributed by atoms with Gasteiger partial charge in [0, 0.05) is 17.4 Å². The van der Waals surface area contributed by atoms with E-state index in [1.54, 1.807) is 0 Å². The van der Waals surface area contributed by atoms with Crippen LogP contribution in [0.2, 0.25) is 0 Å². The fourth-order valence-corrected chi connectivity index (χ4v) is 3.69. The van der Waals surface area contributed by atoms with E-state index in [1.807, 2.05) is 87.5 Å². The molecule has 0 atom stereocenters. The molecule has 0 unspecified atom stereocenters. The highest BCUT2D eigenvalue weighted by molar-refractivity contribution is 5.90. The molecule has 0 aliphatic rings. The summed E-state index contributed by atoms with van der Waals surface area (Å²) in [6.07, 6.45) is -0.491. The molecule has 3 aromatic carbocycles. The van der Waals surface area contributed by atoms with E-state index in [4.69, 9.17) is 9.72 Å². The third kappa shape index (κ3) is 5.49. The number of amides is 1. The smallest absolute Gasteiger partial charge is 0.412 e. The summed E-state index contributed by atoms with van der Waals surface area (Å²) in [4.78, 5) is 17.0. The van der Waals surface area contributed by atoms with Crippen molar-refractivity contribution in [2.45, 2.75) is 46.3 Å². The normalized spacial score (nSPS) is 11.5. The van der Waals surface area contributed by atoms with E-state index in [-0.39, 0.29) is 6.04 Å². The van der Waals surface area contributed by atoms with E-state index in [0.717, 1.165) is 34.0 Å². The van der Waals surface area contributed by atoms with Crippen molar-refractivity contribution in [1.29, 1.82) is 0 Å². The summed E-state index contributed by atoms with van der Waals surface area (Å²) in [5.41, 5.74) is 4.74. The Labute approximate surface area is 200 Å². The third-order valence-electron chi connectivity index (χ3n) is 5.09. The van der Waals surface area contributed by atoms with Gasteiger partial charge < -0.3 is 19.9 Å². The molecule has 0 saturated heterocycles. The molecule has 7 nitrogen and oxygen atoms in total. The zero-order chi connectivity index (χ0) is 24.3. The molecular weight excluding hydrogens is 426 g/mol. The Morgan fingerprint density at radius 3 is 2.09 bits per heavy atom. The number of rotatable bonds is 6. The highest BCUT2D eigenvalue weighted by atomic mass is 16.6. The van der Waals surface area contributed by atoms with Crippen LogP contribution < -0.4 is 16.0 Å². The van der Waals surface area contributed by atoms with Gasteiger partial charge in [0.05, 0.1) is 22.4 Å². The van der Waals surface area contributed by atoms with Crippen molar-refractivity contribution in [2.24, 2.45) is 0 Å². The largest absolute Gasteiger partial charge is 0.444 e. The van der Waals surface area contributed by atoms with E-state index in [2.05, 4.69) is 40.4 Å². The van der Waals surface area contributed by atoms with Crippen molar-refractivity contribution in [2.75, 3.05) is 16.0 Å². The van der Waals surface area contributed by atoms with Crippen molar-refractivity contribution < 1.29 is 9.53 Å². The molecule has 0 spiro atoms. The van der Waals surface area contributed by atoms with E-state index in [1.165, 1.54) is 0 Å². The van der Waals surface area contributed by atoms with Crippen molar-refractivity contribution in [3.05, 3.63) is 72.8 Å². The predicted octanol–water partition coefficient (Wildman–Crippen LogP) is 7.45. The number of para-hydroxylation sites is 4. The number of fused-ring (bicyclic) bond motifs is 1. The van der Waals surface area contributed by atoms with Crippen LogP contribution in [0.3, 0.4) is 0 Å². The van der Waals surface area contributed by atoms with Gasteiger partial charge in [0.15, 0.2) is 0 Å². The van der Waals surface area contributed by atoms with Crippen LogP contribution in [0.25, 0.3) is 11.0 Å². The van der Waals surface area contributed by atoms with Gasteiger partial charge in [-0.3, -0.25) is 5.32 Å². The zero-order valence-electron chi connectivity index (χ0n) is 20.2. The first kappa shape index (κ1) is 23.2. The Balaban J connectivity index is 1.49. The quantitative estimate of drug-likeness (QED) is 0.280. The minimum Gasteiger partial charge on any atom is -0.444 e. The Morgan fingerprint density at radius 2 is 1.44 bits per heavy atom. The first-order valence-corrected chi connectivity index (χ1v) is 11.4. The number of imidazole rings is 1. The molecule has 1 aromatic heterocycles. The topological polar surface area (TPSA) is 80.2 Å². The van der Waals surface area contributed by atoms with Gasteiger partial charge in [0.2, 0.25) is 5.95 Å². The van der Waals surface area contributed by atoms with Crippen LogP contribution in [0.4, 0.5) is 33.5 Å². The number of carbonyl (C=O) groups excluding carboxylic acids is 1. The number of benzene rings is 3. The van der Waals surface area contributed by atoms with Gasteiger partial charge in [-0.15, -0.1) is 0 Å². The fraction of sp³-hybridized carbons (Fsp3) is 0.259. The second kappa shape index (κ2) is 9.47. The van der Waals surface area contributed by atoms with E-state index in [0.29, 0.717) is 5.69 Å². The van der Waals surface area contributed by atoms with Crippen LogP contribution in [0.15, 0.2) is 72.8 Å². The average molecular weight is 458 g/mol. The Kier molecular flexibility index (Phi) is 6.45. The first-order valence-electron chi connectivity index (χ1n) is 11.4. The molecule has 0 bridgehead atoms. The lowest BCUT2D eigenvalue weighted by Gasteiger charge is -2.20. The number of carbonyl (C=O) groups is 1. The SMILES string of the molecule is CC(C)n1c(Nc2ccc(Nc3ccccc3NC(=O)OC(C)(C)C)cc2)nc2ccccc21. The maximum absolute atomic E-state index is 12.2. The standard InChI is InChI=1S/C27H31N5O2/c1-18(2)32-24-13-9-8-12-23(24)30-25(32)29-20-16-14-19(15-17-20)28-21-10-6-7-11-22(21)31-26(33)34-27(3,4)5/h6-18,28H,1-5H3,(H,29,30)(H,31,33).